The zero-order valence-electron chi connectivity index (χ0n) is 10.1. The second-order valence-electron chi connectivity index (χ2n) is 4.91. The van der Waals surface area contributed by atoms with Gasteiger partial charge in [0.05, 0.1) is 0 Å². The normalized spacial score (nSPS) is 16.2. The first-order valence-electron chi connectivity index (χ1n) is 6.27. The molecule has 1 saturated carbocycles. The zero-order valence-corrected chi connectivity index (χ0v) is 10.1. The molecule has 1 amide bonds. The molecule has 0 radical (unpaired) electrons. The van der Waals surface area contributed by atoms with Gasteiger partial charge in [-0.2, -0.15) is 0 Å². The average Bonchev–Trinajstić information content (AvgIpc) is 3.01. The monoisotopic (exact) mass is 240 g/mol. The molecule has 0 bridgehead atoms. The summed E-state index contributed by atoms with van der Waals surface area (Å²) < 4.78 is 0. The largest absolute Gasteiger partial charge is 0.357 e. The maximum absolute atomic E-state index is 11.9. The van der Waals surface area contributed by atoms with Crippen molar-refractivity contribution in [2.45, 2.75) is 18.3 Å². The number of nitrogens with one attached hydrogen (secondary N) is 2. The zero-order chi connectivity index (χ0) is 12.4. The molecule has 1 aliphatic rings. The van der Waals surface area contributed by atoms with E-state index in [9.17, 15) is 4.79 Å². The molecule has 0 saturated heterocycles. The van der Waals surface area contributed by atoms with E-state index in [4.69, 9.17) is 0 Å². The lowest BCUT2D eigenvalue weighted by Crippen LogP contribution is -2.32. The van der Waals surface area contributed by atoms with Crippen molar-refractivity contribution >= 4 is 5.91 Å². The number of benzene rings is 1. The van der Waals surface area contributed by atoms with Crippen molar-refractivity contribution in [3.63, 3.8) is 0 Å². The van der Waals surface area contributed by atoms with Gasteiger partial charge in [-0.15, -0.1) is 0 Å². The lowest BCUT2D eigenvalue weighted by Gasteiger charge is -2.16. The Hall–Kier alpha value is -2.03. The Morgan fingerprint density at radius 2 is 1.94 bits per heavy atom. The van der Waals surface area contributed by atoms with Gasteiger partial charge < -0.3 is 10.3 Å². The van der Waals surface area contributed by atoms with E-state index in [1.807, 2.05) is 12.1 Å². The maximum Gasteiger partial charge on any atom is 0.267 e. The second kappa shape index (κ2) is 4.33. The molecular weight excluding hydrogens is 224 g/mol. The summed E-state index contributed by atoms with van der Waals surface area (Å²) in [6.45, 7) is 0.717. The summed E-state index contributed by atoms with van der Waals surface area (Å²) in [5, 5.41) is 3.02. The van der Waals surface area contributed by atoms with Gasteiger partial charge in [0.1, 0.15) is 5.69 Å². The first kappa shape index (κ1) is 11.1. The van der Waals surface area contributed by atoms with Gasteiger partial charge in [-0.05, 0) is 30.5 Å². The summed E-state index contributed by atoms with van der Waals surface area (Å²) in [5.74, 6) is -0.0257. The van der Waals surface area contributed by atoms with Crippen LogP contribution < -0.4 is 5.32 Å². The van der Waals surface area contributed by atoms with Gasteiger partial charge in [-0.3, -0.25) is 4.79 Å². The molecule has 3 heteroatoms. The Balaban J connectivity index is 1.66. The second-order valence-corrected chi connectivity index (χ2v) is 4.91. The van der Waals surface area contributed by atoms with E-state index in [-0.39, 0.29) is 11.3 Å². The van der Waals surface area contributed by atoms with Crippen LogP contribution in [-0.2, 0) is 5.41 Å². The van der Waals surface area contributed by atoms with Crippen molar-refractivity contribution in [3.8, 4) is 0 Å². The summed E-state index contributed by atoms with van der Waals surface area (Å²) in [7, 11) is 0. The van der Waals surface area contributed by atoms with Crippen LogP contribution in [0.3, 0.4) is 0 Å². The Labute approximate surface area is 106 Å². The quantitative estimate of drug-likeness (QED) is 0.847. The summed E-state index contributed by atoms with van der Waals surface area (Å²) in [5.41, 5.74) is 2.12. The third-order valence-electron chi connectivity index (χ3n) is 3.67. The van der Waals surface area contributed by atoms with Crippen molar-refractivity contribution < 1.29 is 4.79 Å². The van der Waals surface area contributed by atoms with Crippen molar-refractivity contribution in [1.29, 1.82) is 0 Å². The highest BCUT2D eigenvalue weighted by atomic mass is 16.1. The molecule has 1 aromatic heterocycles. The van der Waals surface area contributed by atoms with Crippen molar-refractivity contribution in [3.05, 3.63) is 59.9 Å². The van der Waals surface area contributed by atoms with E-state index in [0.29, 0.717) is 5.69 Å². The van der Waals surface area contributed by atoms with Crippen molar-refractivity contribution in [2.75, 3.05) is 6.54 Å². The summed E-state index contributed by atoms with van der Waals surface area (Å²) in [6.07, 6.45) is 4.07. The fourth-order valence-electron chi connectivity index (χ4n) is 2.33. The van der Waals surface area contributed by atoms with Gasteiger partial charge in [-0.1, -0.05) is 30.3 Å². The molecule has 3 rings (SSSR count). The van der Waals surface area contributed by atoms with Crippen molar-refractivity contribution in [1.82, 2.24) is 10.3 Å². The summed E-state index contributed by atoms with van der Waals surface area (Å²) >= 11 is 0. The van der Waals surface area contributed by atoms with Crippen LogP contribution in [0.4, 0.5) is 0 Å². The van der Waals surface area contributed by atoms with Gasteiger partial charge in [0.2, 0.25) is 0 Å². The van der Waals surface area contributed by atoms with Gasteiger partial charge in [0.15, 0.2) is 0 Å². The minimum atomic E-state index is -0.0257. The number of carbonyl (C=O) groups excluding carboxylic acids is 1. The first-order valence-corrected chi connectivity index (χ1v) is 6.27. The van der Waals surface area contributed by atoms with Crippen LogP contribution in [0, 0.1) is 0 Å². The van der Waals surface area contributed by atoms with E-state index >= 15 is 0 Å². The maximum atomic E-state index is 11.9. The Morgan fingerprint density at radius 1 is 1.17 bits per heavy atom. The Bertz CT molecular complexity index is 527. The van der Waals surface area contributed by atoms with E-state index in [1.54, 1.807) is 12.3 Å². The van der Waals surface area contributed by atoms with Gasteiger partial charge in [0, 0.05) is 18.2 Å². The molecular formula is C15H16N2O. The fourth-order valence-corrected chi connectivity index (χ4v) is 2.33. The number of rotatable bonds is 4. The predicted octanol–water partition coefficient (Wildman–Crippen LogP) is 2.48. The number of H-pyrrole nitrogens is 1. The molecule has 1 heterocycles. The smallest absolute Gasteiger partial charge is 0.267 e. The van der Waals surface area contributed by atoms with Gasteiger partial charge >= 0.3 is 0 Å². The summed E-state index contributed by atoms with van der Waals surface area (Å²) in [6, 6.07) is 14.1. The highest BCUT2D eigenvalue weighted by Gasteiger charge is 2.44. The molecule has 1 aliphatic carbocycles. The molecule has 0 spiro atoms. The van der Waals surface area contributed by atoms with Crippen molar-refractivity contribution in [2.24, 2.45) is 0 Å². The van der Waals surface area contributed by atoms with Crippen LogP contribution >= 0.6 is 0 Å². The highest BCUT2D eigenvalue weighted by molar-refractivity contribution is 5.92. The molecule has 18 heavy (non-hydrogen) atoms. The van der Waals surface area contributed by atoms with E-state index in [0.717, 1.165) is 19.4 Å². The van der Waals surface area contributed by atoms with Crippen LogP contribution in [0.2, 0.25) is 0 Å². The van der Waals surface area contributed by atoms with Gasteiger partial charge in [-0.25, -0.2) is 0 Å². The molecule has 2 N–H and O–H groups in total. The number of hydrogen-bond donors (Lipinski definition) is 2. The molecule has 0 unspecified atom stereocenters. The third kappa shape index (κ3) is 2.04. The predicted molar refractivity (Wildman–Crippen MR) is 70.5 cm³/mol. The standard InChI is InChI=1S/C15H16N2O/c18-14(13-7-4-10-16-13)17-11-15(8-9-15)12-5-2-1-3-6-12/h1-7,10,16H,8-9,11H2,(H,17,18). The fraction of sp³-hybridized carbons (Fsp3) is 0.267. The SMILES string of the molecule is O=C(NCC1(c2ccccc2)CC1)c1ccc[nH]1. The third-order valence-corrected chi connectivity index (χ3v) is 3.67. The van der Waals surface area contributed by atoms with Crippen LogP contribution in [0.15, 0.2) is 48.7 Å². The molecule has 3 nitrogen and oxygen atoms in total. The number of carbonyl (C=O) groups is 1. The van der Waals surface area contributed by atoms with E-state index in [1.165, 1.54) is 5.56 Å². The topological polar surface area (TPSA) is 44.9 Å². The first-order chi connectivity index (χ1) is 8.80. The van der Waals surface area contributed by atoms with Crippen LogP contribution in [0.5, 0.6) is 0 Å². The minimum absolute atomic E-state index is 0.0257. The van der Waals surface area contributed by atoms with Crippen LogP contribution in [-0.4, -0.2) is 17.4 Å². The number of amides is 1. The Kier molecular flexibility index (Phi) is 2.67. The van der Waals surface area contributed by atoms with E-state index in [2.05, 4.69) is 34.6 Å². The number of hydrogen-bond acceptors (Lipinski definition) is 1. The Morgan fingerprint density at radius 3 is 2.56 bits per heavy atom. The molecule has 2 aromatic rings. The summed E-state index contributed by atoms with van der Waals surface area (Å²) in [4.78, 5) is 14.8. The number of aromatic amines is 1. The molecule has 0 aliphatic heterocycles. The number of aromatic nitrogens is 1. The lowest BCUT2D eigenvalue weighted by atomic mass is 9.96. The van der Waals surface area contributed by atoms with Crippen LogP contribution in [0.25, 0.3) is 0 Å². The highest BCUT2D eigenvalue weighted by Crippen LogP contribution is 2.47. The lowest BCUT2D eigenvalue weighted by molar-refractivity contribution is 0.0945. The van der Waals surface area contributed by atoms with Gasteiger partial charge in [0.25, 0.3) is 5.91 Å². The molecule has 0 atom stereocenters. The van der Waals surface area contributed by atoms with E-state index < -0.39 is 0 Å². The molecule has 1 aromatic carbocycles. The molecule has 92 valence electrons. The average molecular weight is 240 g/mol. The molecule has 1 fully saturated rings. The minimum Gasteiger partial charge on any atom is -0.357 e. The van der Waals surface area contributed by atoms with Crippen LogP contribution in [0.1, 0.15) is 28.9 Å².